The number of ether oxygens (including phenoxy) is 3. The average molecular weight is 681 g/mol. The normalized spacial score (nSPS) is 13.0. The molecule has 48 heavy (non-hydrogen) atoms. The second kappa shape index (κ2) is 24.6. The Kier molecular flexibility index (Phi) is 20.5. The van der Waals surface area contributed by atoms with Crippen molar-refractivity contribution in [3.05, 3.63) is 102 Å². The molecule has 0 fully saturated rings. The average Bonchev–Trinajstić information content (AvgIpc) is 3.12. The third kappa shape index (κ3) is 14.6. The van der Waals surface area contributed by atoms with Gasteiger partial charge in [-0.15, -0.1) is 0 Å². The first-order valence-corrected chi connectivity index (χ1v) is 19.7. The van der Waals surface area contributed by atoms with E-state index in [4.69, 9.17) is 18.7 Å². The molecule has 0 radical (unpaired) electrons. The van der Waals surface area contributed by atoms with Gasteiger partial charge < -0.3 is 23.6 Å². The van der Waals surface area contributed by atoms with Crippen molar-refractivity contribution in [1.29, 1.82) is 0 Å². The number of hydrogen-bond donors (Lipinski definition) is 1. The fourth-order valence-corrected chi connectivity index (χ4v) is 6.79. The predicted molar refractivity (Wildman–Crippen MR) is 198 cm³/mol. The molecule has 0 aliphatic carbocycles. The van der Waals surface area contributed by atoms with Crippen molar-refractivity contribution in [3.63, 3.8) is 0 Å². The summed E-state index contributed by atoms with van der Waals surface area (Å²) in [5, 5.41) is 0. The molecule has 266 valence electrons. The van der Waals surface area contributed by atoms with E-state index in [-0.39, 0.29) is 13.2 Å². The van der Waals surface area contributed by atoms with Crippen LogP contribution in [-0.2, 0) is 24.2 Å². The first-order valence-electron chi connectivity index (χ1n) is 18.5. The van der Waals surface area contributed by atoms with Crippen LogP contribution >= 0.6 is 8.25 Å². The maximum Gasteiger partial charge on any atom is 0.317 e. The van der Waals surface area contributed by atoms with Gasteiger partial charge in [-0.05, 0) is 35.2 Å². The monoisotopic (exact) mass is 680 g/mol. The van der Waals surface area contributed by atoms with Gasteiger partial charge in [0.05, 0.1) is 20.3 Å². The highest BCUT2D eigenvalue weighted by molar-refractivity contribution is 7.32. The Bertz CT molecular complexity index is 1180. The summed E-state index contributed by atoms with van der Waals surface area (Å²) in [6, 6.07) is 27.9. The fourth-order valence-electron chi connectivity index (χ4n) is 6.37. The first kappa shape index (κ1) is 40.0. The molecule has 7 heteroatoms. The first-order chi connectivity index (χ1) is 23.6. The number of methoxy groups -OCH3 is 1. The van der Waals surface area contributed by atoms with E-state index in [2.05, 4.69) is 6.92 Å². The number of benzene rings is 3. The van der Waals surface area contributed by atoms with Crippen molar-refractivity contribution in [2.45, 2.75) is 121 Å². The second-order valence-corrected chi connectivity index (χ2v) is 13.6. The molecule has 0 amide bonds. The largest absolute Gasteiger partial charge is 0.497 e. The molecule has 3 rings (SSSR count). The highest BCUT2D eigenvalue weighted by Crippen LogP contribution is 2.41. The van der Waals surface area contributed by atoms with E-state index in [9.17, 15) is 9.46 Å². The van der Waals surface area contributed by atoms with Crippen molar-refractivity contribution >= 4 is 8.25 Å². The topological polar surface area (TPSA) is 74.2 Å². The van der Waals surface area contributed by atoms with E-state index >= 15 is 0 Å². The zero-order chi connectivity index (χ0) is 34.1. The molecule has 0 saturated heterocycles. The number of hydrogen-bond acceptors (Lipinski definition) is 5. The van der Waals surface area contributed by atoms with Crippen molar-refractivity contribution in [2.24, 2.45) is 0 Å². The van der Waals surface area contributed by atoms with E-state index in [1.54, 1.807) is 7.11 Å². The third-order valence-corrected chi connectivity index (χ3v) is 9.59. The summed E-state index contributed by atoms with van der Waals surface area (Å²) in [5.41, 5.74) is 1.79. The Morgan fingerprint density at radius 3 is 1.48 bits per heavy atom. The lowest BCUT2D eigenvalue weighted by atomic mass is 9.80. The Balaban J connectivity index is 1.45. The molecule has 0 aromatic heterocycles. The van der Waals surface area contributed by atoms with E-state index < -0.39 is 20.0 Å². The van der Waals surface area contributed by atoms with Crippen LogP contribution in [0.5, 0.6) is 5.75 Å². The summed E-state index contributed by atoms with van der Waals surface area (Å²) in [5.74, 6) is 0.747. The minimum atomic E-state index is -3.20. The predicted octanol–water partition coefficient (Wildman–Crippen LogP) is 11.0. The minimum Gasteiger partial charge on any atom is -0.497 e. The second-order valence-electron chi connectivity index (χ2n) is 12.8. The van der Waals surface area contributed by atoms with Crippen molar-refractivity contribution in [1.82, 2.24) is 0 Å². The van der Waals surface area contributed by atoms with Gasteiger partial charge in [-0.3, -0.25) is 4.57 Å². The fraction of sp³-hybridized carbons (Fsp3) is 0.561. The molecule has 2 atom stereocenters. The van der Waals surface area contributed by atoms with E-state index in [0.717, 1.165) is 35.3 Å². The Hall–Kier alpha value is -2.47. The van der Waals surface area contributed by atoms with Crippen LogP contribution in [0.15, 0.2) is 84.9 Å². The molecule has 2 unspecified atom stereocenters. The lowest BCUT2D eigenvalue weighted by Crippen LogP contribution is -2.37. The number of rotatable bonds is 28. The number of unbranched alkanes of at least 4 members (excludes halogenated alkanes) is 15. The zero-order valence-corrected chi connectivity index (χ0v) is 30.6. The Labute approximate surface area is 291 Å². The van der Waals surface area contributed by atoms with Crippen LogP contribution in [0.25, 0.3) is 0 Å². The van der Waals surface area contributed by atoms with Crippen LogP contribution < -0.4 is 4.74 Å². The van der Waals surface area contributed by atoms with Gasteiger partial charge in [0, 0.05) is 6.61 Å². The molecule has 0 aliphatic rings. The molecular weight excluding hydrogens is 619 g/mol. The SMILES string of the molecule is CCCCCCCCCCCCCCCCCCOCC(COC(c1ccccc1)(c1ccccc1)c1ccc(OC)cc1)O[PH](=O)O. The lowest BCUT2D eigenvalue weighted by molar-refractivity contribution is -0.0558. The van der Waals surface area contributed by atoms with Gasteiger partial charge in [0.15, 0.2) is 0 Å². The van der Waals surface area contributed by atoms with Crippen LogP contribution in [0.1, 0.15) is 126 Å². The molecule has 6 nitrogen and oxygen atoms in total. The van der Waals surface area contributed by atoms with Crippen LogP contribution in [0.2, 0.25) is 0 Å². The van der Waals surface area contributed by atoms with Gasteiger partial charge in [0.25, 0.3) is 0 Å². The molecule has 3 aromatic carbocycles. The molecule has 0 saturated carbocycles. The standard InChI is InChI=1S/C41H61O6P/c1-3-4-5-6-7-8-9-10-11-12-13-14-15-16-17-24-33-45-34-40(47-48(42)43)35-46-41(36-25-20-18-21-26-36,37-27-22-19-23-28-37)38-29-31-39(44-2)32-30-38/h18-23,25-32,40,48H,3-17,24,33-35H2,1-2H3,(H,42,43). The smallest absolute Gasteiger partial charge is 0.317 e. The molecule has 3 aromatic rings. The Morgan fingerprint density at radius 2 is 1.04 bits per heavy atom. The van der Waals surface area contributed by atoms with E-state index in [1.807, 2.05) is 84.9 Å². The highest BCUT2D eigenvalue weighted by Gasteiger charge is 2.38. The van der Waals surface area contributed by atoms with Crippen LogP contribution in [0.4, 0.5) is 0 Å². The summed E-state index contributed by atoms with van der Waals surface area (Å²) in [6.45, 7) is 3.11. The van der Waals surface area contributed by atoms with Crippen molar-refractivity contribution < 1.29 is 28.2 Å². The Morgan fingerprint density at radius 1 is 0.604 bits per heavy atom. The van der Waals surface area contributed by atoms with Gasteiger partial charge in [-0.25, -0.2) is 0 Å². The minimum absolute atomic E-state index is 0.0613. The van der Waals surface area contributed by atoms with Gasteiger partial charge >= 0.3 is 8.25 Å². The molecular formula is C41H61O6P. The van der Waals surface area contributed by atoms with Crippen LogP contribution in [-0.4, -0.2) is 37.9 Å². The van der Waals surface area contributed by atoms with Crippen molar-refractivity contribution in [2.75, 3.05) is 26.9 Å². The zero-order valence-electron chi connectivity index (χ0n) is 29.6. The van der Waals surface area contributed by atoms with Gasteiger partial charge in [0.1, 0.15) is 17.5 Å². The summed E-state index contributed by atoms with van der Waals surface area (Å²) < 4.78 is 35.5. The summed E-state index contributed by atoms with van der Waals surface area (Å²) in [4.78, 5) is 9.71. The molecule has 0 heterocycles. The molecule has 0 bridgehead atoms. The maximum atomic E-state index is 11.8. The molecule has 1 N–H and O–H groups in total. The van der Waals surface area contributed by atoms with Crippen LogP contribution in [0, 0.1) is 0 Å². The van der Waals surface area contributed by atoms with Gasteiger partial charge in [-0.1, -0.05) is 176 Å². The molecule has 0 aliphatic heterocycles. The van der Waals surface area contributed by atoms with Crippen molar-refractivity contribution in [3.8, 4) is 5.75 Å². The highest BCUT2D eigenvalue weighted by atomic mass is 31.1. The lowest BCUT2D eigenvalue weighted by Gasteiger charge is -2.37. The van der Waals surface area contributed by atoms with E-state index in [0.29, 0.717) is 6.61 Å². The summed E-state index contributed by atoms with van der Waals surface area (Å²) in [7, 11) is -1.56. The van der Waals surface area contributed by atoms with Crippen LogP contribution in [0.3, 0.4) is 0 Å². The summed E-state index contributed by atoms with van der Waals surface area (Å²) >= 11 is 0. The van der Waals surface area contributed by atoms with E-state index in [1.165, 1.54) is 89.9 Å². The third-order valence-electron chi connectivity index (χ3n) is 9.06. The summed E-state index contributed by atoms with van der Waals surface area (Å²) in [6.07, 6.45) is 20.5. The molecule has 0 spiro atoms. The van der Waals surface area contributed by atoms with Gasteiger partial charge in [-0.2, -0.15) is 0 Å². The quantitative estimate of drug-likeness (QED) is 0.0467. The van der Waals surface area contributed by atoms with Gasteiger partial charge in [0.2, 0.25) is 0 Å². The maximum absolute atomic E-state index is 11.8.